The van der Waals surface area contributed by atoms with Crippen LogP contribution in [0.2, 0.25) is 5.02 Å². The minimum atomic E-state index is 0.696. The summed E-state index contributed by atoms with van der Waals surface area (Å²) in [6, 6.07) is 10.2. The first kappa shape index (κ1) is 18.6. The Morgan fingerprint density at radius 2 is 1.85 bits per heavy atom. The standard InChI is InChI=1S/C19H23ClN6S/c1-14-10-15(2)26-18(21-14)22-25(19(26)27)13-24-8-6-23(7-9-24)12-16-4-3-5-17(20)11-16/h3-5,10-11H,6-9,12-13H2,1-2H3/p+2. The maximum absolute atomic E-state index is 6.11. The normalized spacial score (nSPS) is 20.3. The van der Waals surface area contributed by atoms with E-state index in [0.717, 1.165) is 60.6 Å². The summed E-state index contributed by atoms with van der Waals surface area (Å²) in [5.41, 5.74) is 3.36. The number of aryl methyl sites for hydroxylation is 2. The molecule has 0 bridgehead atoms. The Hall–Kier alpha value is -1.80. The second-order valence-corrected chi connectivity index (χ2v) is 8.22. The lowest BCUT2D eigenvalue weighted by Crippen LogP contribution is -3.27. The number of rotatable bonds is 4. The third-order valence-electron chi connectivity index (χ3n) is 5.25. The van der Waals surface area contributed by atoms with Gasteiger partial charge in [-0.05, 0) is 44.3 Å². The van der Waals surface area contributed by atoms with Crippen LogP contribution in [0.4, 0.5) is 0 Å². The van der Waals surface area contributed by atoms with Gasteiger partial charge in [-0.3, -0.25) is 4.40 Å². The van der Waals surface area contributed by atoms with Crippen molar-refractivity contribution in [3.63, 3.8) is 0 Å². The van der Waals surface area contributed by atoms with Crippen LogP contribution < -0.4 is 9.80 Å². The first-order valence-electron chi connectivity index (χ1n) is 9.35. The fourth-order valence-electron chi connectivity index (χ4n) is 3.88. The number of quaternary nitrogens is 2. The minimum absolute atomic E-state index is 0.696. The molecule has 0 atom stereocenters. The molecule has 0 saturated carbocycles. The molecule has 1 aliphatic rings. The number of fused-ring (bicyclic) bond motifs is 1. The SMILES string of the molecule is Cc1cc(C)n2c(=S)n(C[NH+]3CC[NH+](Cc4cccc(Cl)c4)CC3)nc2n1. The van der Waals surface area contributed by atoms with E-state index in [1.54, 1.807) is 4.90 Å². The van der Waals surface area contributed by atoms with E-state index < -0.39 is 0 Å². The molecule has 1 saturated heterocycles. The van der Waals surface area contributed by atoms with Crippen molar-refractivity contribution in [3.05, 3.63) is 57.1 Å². The molecule has 1 fully saturated rings. The minimum Gasteiger partial charge on any atom is -0.322 e. The summed E-state index contributed by atoms with van der Waals surface area (Å²) >= 11 is 11.7. The molecule has 3 aromatic rings. The van der Waals surface area contributed by atoms with Crippen LogP contribution in [0.5, 0.6) is 0 Å². The summed E-state index contributed by atoms with van der Waals surface area (Å²) in [6.45, 7) is 10.4. The van der Waals surface area contributed by atoms with Crippen LogP contribution in [-0.4, -0.2) is 45.3 Å². The molecule has 1 aromatic carbocycles. The number of halogens is 1. The Morgan fingerprint density at radius 3 is 2.59 bits per heavy atom. The molecule has 142 valence electrons. The molecule has 3 heterocycles. The monoisotopic (exact) mass is 404 g/mol. The molecule has 0 aliphatic carbocycles. The molecule has 8 heteroatoms. The van der Waals surface area contributed by atoms with Crippen LogP contribution in [0.3, 0.4) is 0 Å². The van der Waals surface area contributed by atoms with Crippen molar-refractivity contribution in [3.8, 4) is 0 Å². The maximum atomic E-state index is 6.11. The van der Waals surface area contributed by atoms with Crippen LogP contribution in [0.1, 0.15) is 17.0 Å². The molecule has 0 radical (unpaired) electrons. The number of nitrogens with zero attached hydrogens (tertiary/aromatic N) is 4. The van der Waals surface area contributed by atoms with Crippen molar-refractivity contribution in [1.82, 2.24) is 19.2 Å². The summed E-state index contributed by atoms with van der Waals surface area (Å²) in [4.78, 5) is 7.63. The molecule has 2 N–H and O–H groups in total. The Bertz CT molecular complexity index is 1020. The molecular formula is C19H25ClN6S+2. The first-order chi connectivity index (χ1) is 13.0. The van der Waals surface area contributed by atoms with Gasteiger partial charge in [-0.1, -0.05) is 23.7 Å². The van der Waals surface area contributed by atoms with Crippen LogP contribution in [0.15, 0.2) is 30.3 Å². The van der Waals surface area contributed by atoms with Gasteiger partial charge in [0.1, 0.15) is 32.7 Å². The molecule has 0 unspecified atom stereocenters. The van der Waals surface area contributed by atoms with E-state index in [4.69, 9.17) is 23.8 Å². The molecule has 0 spiro atoms. The Kier molecular flexibility index (Phi) is 5.27. The highest BCUT2D eigenvalue weighted by atomic mass is 35.5. The van der Waals surface area contributed by atoms with Crippen LogP contribution >= 0.6 is 23.8 Å². The average Bonchev–Trinajstić information content (AvgIpc) is 2.92. The highest BCUT2D eigenvalue weighted by Gasteiger charge is 2.24. The van der Waals surface area contributed by atoms with E-state index in [2.05, 4.69) is 22.2 Å². The van der Waals surface area contributed by atoms with E-state index in [1.165, 1.54) is 10.5 Å². The summed E-state index contributed by atoms with van der Waals surface area (Å²) in [5, 5.41) is 5.46. The van der Waals surface area contributed by atoms with E-state index in [-0.39, 0.29) is 0 Å². The number of hydrogen-bond donors (Lipinski definition) is 2. The summed E-state index contributed by atoms with van der Waals surface area (Å²) in [7, 11) is 0. The topological polar surface area (TPSA) is 44.0 Å². The van der Waals surface area contributed by atoms with Crippen LogP contribution in [0, 0.1) is 18.6 Å². The van der Waals surface area contributed by atoms with Gasteiger partial charge in [0.2, 0.25) is 4.77 Å². The lowest BCUT2D eigenvalue weighted by Gasteiger charge is -2.29. The fraction of sp³-hybridized carbons (Fsp3) is 0.421. The molecule has 0 amide bonds. The van der Waals surface area contributed by atoms with Crippen LogP contribution in [0.25, 0.3) is 5.78 Å². The molecule has 6 nitrogen and oxygen atoms in total. The van der Waals surface area contributed by atoms with Crippen LogP contribution in [-0.2, 0) is 13.2 Å². The summed E-state index contributed by atoms with van der Waals surface area (Å²) < 4.78 is 4.63. The highest BCUT2D eigenvalue weighted by Crippen LogP contribution is 2.09. The van der Waals surface area contributed by atoms with E-state index in [0.29, 0.717) is 5.78 Å². The Labute approximate surface area is 169 Å². The average molecular weight is 405 g/mol. The smallest absolute Gasteiger partial charge is 0.254 e. The number of aromatic nitrogens is 4. The summed E-state index contributed by atoms with van der Waals surface area (Å²) in [6.07, 6.45) is 0. The number of piperazine rings is 1. The van der Waals surface area contributed by atoms with Crippen molar-refractivity contribution in [2.24, 2.45) is 0 Å². The fourth-order valence-corrected chi connectivity index (χ4v) is 4.42. The lowest BCUT2D eigenvalue weighted by molar-refractivity contribution is -1.03. The zero-order valence-corrected chi connectivity index (χ0v) is 17.3. The van der Waals surface area contributed by atoms with E-state index in [9.17, 15) is 0 Å². The van der Waals surface area contributed by atoms with Crippen molar-refractivity contribution in [1.29, 1.82) is 0 Å². The van der Waals surface area contributed by atoms with Gasteiger partial charge in [0.25, 0.3) is 5.78 Å². The second-order valence-electron chi connectivity index (χ2n) is 7.42. The van der Waals surface area contributed by atoms with Gasteiger partial charge >= 0.3 is 0 Å². The van der Waals surface area contributed by atoms with Crippen molar-refractivity contribution in [2.75, 3.05) is 26.2 Å². The van der Waals surface area contributed by atoms with Gasteiger partial charge in [-0.15, -0.1) is 5.10 Å². The summed E-state index contributed by atoms with van der Waals surface area (Å²) in [5.74, 6) is 0.696. The maximum Gasteiger partial charge on any atom is 0.254 e. The first-order valence-corrected chi connectivity index (χ1v) is 10.1. The van der Waals surface area contributed by atoms with Gasteiger partial charge in [-0.25, -0.2) is 4.98 Å². The predicted molar refractivity (Wildman–Crippen MR) is 108 cm³/mol. The molecule has 2 aromatic heterocycles. The predicted octanol–water partition coefficient (Wildman–Crippen LogP) is 0.472. The van der Waals surface area contributed by atoms with Gasteiger partial charge in [0.15, 0.2) is 6.67 Å². The lowest BCUT2D eigenvalue weighted by atomic mass is 10.2. The van der Waals surface area contributed by atoms with Gasteiger partial charge in [-0.2, -0.15) is 4.68 Å². The van der Waals surface area contributed by atoms with Crippen molar-refractivity contribution >= 4 is 29.6 Å². The van der Waals surface area contributed by atoms with Gasteiger partial charge in [0, 0.05) is 22.0 Å². The Balaban J connectivity index is 1.41. The molecule has 4 rings (SSSR count). The third-order valence-corrected chi connectivity index (χ3v) is 5.88. The molecular weight excluding hydrogens is 380 g/mol. The second kappa shape index (κ2) is 7.67. The van der Waals surface area contributed by atoms with Crippen molar-refractivity contribution in [2.45, 2.75) is 27.1 Å². The number of benzene rings is 1. The molecule has 27 heavy (non-hydrogen) atoms. The van der Waals surface area contributed by atoms with E-state index >= 15 is 0 Å². The number of nitrogens with one attached hydrogen (secondary N) is 2. The largest absolute Gasteiger partial charge is 0.322 e. The van der Waals surface area contributed by atoms with Gasteiger partial charge in [0.05, 0.1) is 0 Å². The third kappa shape index (κ3) is 4.06. The number of hydrogen-bond acceptors (Lipinski definition) is 3. The molecule has 1 aliphatic heterocycles. The van der Waals surface area contributed by atoms with Crippen molar-refractivity contribution < 1.29 is 9.80 Å². The Morgan fingerprint density at radius 1 is 1.11 bits per heavy atom. The zero-order valence-electron chi connectivity index (χ0n) is 15.7. The highest BCUT2D eigenvalue weighted by molar-refractivity contribution is 7.71. The zero-order chi connectivity index (χ0) is 19.0. The quantitative estimate of drug-likeness (QED) is 0.621. The van der Waals surface area contributed by atoms with Gasteiger partial charge < -0.3 is 9.80 Å². The van der Waals surface area contributed by atoms with E-state index in [1.807, 2.05) is 41.1 Å².